The van der Waals surface area contributed by atoms with Crippen LogP contribution in [-0.4, -0.2) is 44.7 Å². The Morgan fingerprint density at radius 1 is 1.28 bits per heavy atom. The molecule has 0 unspecified atom stereocenters. The van der Waals surface area contributed by atoms with Crippen molar-refractivity contribution in [2.75, 3.05) is 30.8 Å². The van der Waals surface area contributed by atoms with Gasteiger partial charge in [-0.05, 0) is 30.7 Å². The van der Waals surface area contributed by atoms with E-state index in [0.717, 1.165) is 4.31 Å². The number of fused-ring (bicyclic) bond motifs is 1. The quantitative estimate of drug-likeness (QED) is 0.717. The molecule has 0 atom stereocenters. The van der Waals surface area contributed by atoms with E-state index >= 15 is 0 Å². The second kappa shape index (κ2) is 8.19. The summed E-state index contributed by atoms with van der Waals surface area (Å²) in [6.45, 7) is 1.06. The summed E-state index contributed by atoms with van der Waals surface area (Å²) in [5.74, 6) is -0.728. The highest BCUT2D eigenvalue weighted by Gasteiger charge is 2.29. The van der Waals surface area contributed by atoms with E-state index in [4.69, 9.17) is 27.9 Å². The highest BCUT2D eigenvalue weighted by molar-refractivity contribution is 7.89. The van der Waals surface area contributed by atoms with Crippen LogP contribution in [0.3, 0.4) is 0 Å². The van der Waals surface area contributed by atoms with Crippen molar-refractivity contribution in [3.05, 3.63) is 45.9 Å². The van der Waals surface area contributed by atoms with Gasteiger partial charge in [-0.25, -0.2) is 8.42 Å². The number of nitrogens with zero attached hydrogens (tertiary/aromatic N) is 1. The number of halogens is 2. The van der Waals surface area contributed by atoms with Gasteiger partial charge in [0, 0.05) is 23.8 Å². The first kappa shape index (κ1) is 21.4. The summed E-state index contributed by atoms with van der Waals surface area (Å²) in [6, 6.07) is 7.55. The zero-order chi connectivity index (χ0) is 21.3. The maximum atomic E-state index is 12.9. The number of rotatable bonds is 5. The van der Waals surface area contributed by atoms with Crippen LogP contribution in [0.2, 0.25) is 10.0 Å². The van der Waals surface area contributed by atoms with E-state index in [1.54, 1.807) is 25.1 Å². The van der Waals surface area contributed by atoms with Crippen molar-refractivity contribution in [2.24, 2.45) is 0 Å². The molecule has 0 radical (unpaired) electrons. The lowest BCUT2D eigenvalue weighted by Gasteiger charge is -2.22. The Balaban J connectivity index is 1.79. The minimum absolute atomic E-state index is 0.104. The standard InChI is InChI=1S/C18H17Cl2N3O5S/c1-10-11(19)4-3-5-13(10)21-17(24)8-23(2)29(26,27)16-7-15-14(6-12(16)20)22-18(25)9-28-15/h3-7H,8-9H2,1-2H3,(H,21,24)(H,22,25). The van der Waals surface area contributed by atoms with Gasteiger partial charge in [0.1, 0.15) is 10.6 Å². The molecule has 11 heteroatoms. The van der Waals surface area contributed by atoms with Gasteiger partial charge in [-0.1, -0.05) is 29.3 Å². The number of amides is 2. The Morgan fingerprint density at radius 2 is 2.00 bits per heavy atom. The number of ether oxygens (including phenoxy) is 1. The smallest absolute Gasteiger partial charge is 0.262 e. The summed E-state index contributed by atoms with van der Waals surface area (Å²) in [5, 5.41) is 5.57. The number of hydrogen-bond donors (Lipinski definition) is 2. The maximum absolute atomic E-state index is 12.9. The van der Waals surface area contributed by atoms with Crippen molar-refractivity contribution in [2.45, 2.75) is 11.8 Å². The molecular weight excluding hydrogens is 441 g/mol. The zero-order valence-corrected chi connectivity index (χ0v) is 17.8. The summed E-state index contributed by atoms with van der Waals surface area (Å²) in [6.07, 6.45) is 0. The molecule has 2 aromatic carbocycles. The van der Waals surface area contributed by atoms with Gasteiger partial charge < -0.3 is 15.4 Å². The summed E-state index contributed by atoms with van der Waals surface area (Å²) in [7, 11) is -2.84. The van der Waals surface area contributed by atoms with Gasteiger partial charge in [0.2, 0.25) is 15.9 Å². The predicted molar refractivity (Wildman–Crippen MR) is 110 cm³/mol. The van der Waals surface area contributed by atoms with E-state index in [9.17, 15) is 18.0 Å². The lowest BCUT2D eigenvalue weighted by atomic mass is 10.2. The molecular formula is C18H17Cl2N3O5S. The van der Waals surface area contributed by atoms with Gasteiger partial charge >= 0.3 is 0 Å². The second-order valence-corrected chi connectivity index (χ2v) is 9.17. The van der Waals surface area contributed by atoms with E-state index in [0.29, 0.717) is 16.3 Å². The Labute approximate surface area is 177 Å². The summed E-state index contributed by atoms with van der Waals surface area (Å²) < 4.78 is 31.9. The van der Waals surface area contributed by atoms with E-state index in [-0.39, 0.29) is 33.9 Å². The van der Waals surface area contributed by atoms with Crippen LogP contribution in [0.1, 0.15) is 5.56 Å². The number of sulfonamides is 1. The number of likely N-dealkylation sites (N-methyl/N-ethyl adjacent to an activating group) is 1. The number of carbonyl (C=O) groups excluding carboxylic acids is 2. The largest absolute Gasteiger partial charge is 0.482 e. The van der Waals surface area contributed by atoms with E-state index in [1.807, 2.05) is 0 Å². The molecule has 0 aliphatic carbocycles. The van der Waals surface area contributed by atoms with Gasteiger partial charge in [-0.3, -0.25) is 9.59 Å². The van der Waals surface area contributed by atoms with Gasteiger partial charge in [0.25, 0.3) is 5.91 Å². The van der Waals surface area contributed by atoms with E-state index in [2.05, 4.69) is 10.6 Å². The van der Waals surface area contributed by atoms with E-state index in [1.165, 1.54) is 19.2 Å². The van der Waals surface area contributed by atoms with Gasteiger partial charge in [-0.15, -0.1) is 0 Å². The molecule has 2 amide bonds. The highest BCUT2D eigenvalue weighted by Crippen LogP contribution is 2.36. The van der Waals surface area contributed by atoms with Gasteiger partial charge in [0.05, 0.1) is 17.3 Å². The highest BCUT2D eigenvalue weighted by atomic mass is 35.5. The molecule has 1 heterocycles. The molecule has 0 saturated heterocycles. The van der Waals surface area contributed by atoms with Crippen LogP contribution in [0.4, 0.5) is 11.4 Å². The zero-order valence-electron chi connectivity index (χ0n) is 15.5. The predicted octanol–water partition coefficient (Wildman–Crippen LogP) is 2.89. The lowest BCUT2D eigenvalue weighted by molar-refractivity contribution is -0.118. The van der Waals surface area contributed by atoms with Crippen LogP contribution in [-0.2, 0) is 19.6 Å². The SMILES string of the molecule is Cc1c(Cl)cccc1NC(=O)CN(C)S(=O)(=O)c1cc2c(cc1Cl)NC(=O)CO2. The molecule has 2 aromatic rings. The van der Waals surface area contributed by atoms with Crippen LogP contribution in [0.15, 0.2) is 35.2 Å². The number of carbonyl (C=O) groups is 2. The maximum Gasteiger partial charge on any atom is 0.262 e. The van der Waals surface area contributed by atoms with Crippen LogP contribution in [0.5, 0.6) is 5.75 Å². The molecule has 0 aromatic heterocycles. The van der Waals surface area contributed by atoms with Crippen molar-refractivity contribution in [3.8, 4) is 5.75 Å². The first-order valence-corrected chi connectivity index (χ1v) is 10.6. The number of benzene rings is 2. The third-order valence-corrected chi connectivity index (χ3v) is 6.94. The molecule has 0 fully saturated rings. The fourth-order valence-electron chi connectivity index (χ4n) is 2.67. The molecule has 3 rings (SSSR count). The second-order valence-electron chi connectivity index (χ2n) is 6.34. The number of nitrogens with one attached hydrogen (secondary N) is 2. The molecule has 0 bridgehead atoms. The van der Waals surface area contributed by atoms with Crippen LogP contribution >= 0.6 is 23.2 Å². The number of anilines is 2. The Morgan fingerprint density at radius 3 is 2.72 bits per heavy atom. The van der Waals surface area contributed by atoms with Crippen molar-refractivity contribution in [1.82, 2.24) is 4.31 Å². The Kier molecular flexibility index (Phi) is 6.04. The third kappa shape index (κ3) is 4.48. The van der Waals surface area contributed by atoms with Gasteiger partial charge in [-0.2, -0.15) is 4.31 Å². The fourth-order valence-corrected chi connectivity index (χ4v) is 4.48. The molecule has 2 N–H and O–H groups in total. The normalized spacial score (nSPS) is 13.5. The molecule has 29 heavy (non-hydrogen) atoms. The number of hydrogen-bond acceptors (Lipinski definition) is 5. The molecule has 0 spiro atoms. The summed E-state index contributed by atoms with van der Waals surface area (Å²) in [4.78, 5) is 23.5. The first-order chi connectivity index (χ1) is 13.6. The summed E-state index contributed by atoms with van der Waals surface area (Å²) in [5.41, 5.74) is 1.44. The molecule has 0 saturated carbocycles. The Hall–Kier alpha value is -2.33. The van der Waals surface area contributed by atoms with Crippen molar-refractivity contribution >= 4 is 56.4 Å². The van der Waals surface area contributed by atoms with Crippen molar-refractivity contribution < 1.29 is 22.7 Å². The molecule has 1 aliphatic rings. The van der Waals surface area contributed by atoms with E-state index < -0.39 is 22.5 Å². The minimum atomic E-state index is -4.10. The average Bonchev–Trinajstić information content (AvgIpc) is 2.64. The van der Waals surface area contributed by atoms with Crippen molar-refractivity contribution in [3.63, 3.8) is 0 Å². The summed E-state index contributed by atoms with van der Waals surface area (Å²) >= 11 is 12.1. The monoisotopic (exact) mass is 457 g/mol. The van der Waals surface area contributed by atoms with Gasteiger partial charge in [0.15, 0.2) is 6.61 Å². The average molecular weight is 458 g/mol. The van der Waals surface area contributed by atoms with Crippen LogP contribution in [0, 0.1) is 6.92 Å². The molecule has 1 aliphatic heterocycles. The Bertz CT molecular complexity index is 1100. The van der Waals surface area contributed by atoms with Crippen molar-refractivity contribution in [1.29, 1.82) is 0 Å². The molecule has 8 nitrogen and oxygen atoms in total. The topological polar surface area (TPSA) is 105 Å². The van der Waals surface area contributed by atoms with Crippen LogP contribution < -0.4 is 15.4 Å². The third-order valence-electron chi connectivity index (χ3n) is 4.26. The minimum Gasteiger partial charge on any atom is -0.482 e. The van der Waals surface area contributed by atoms with Crippen LogP contribution in [0.25, 0.3) is 0 Å². The fraction of sp³-hybridized carbons (Fsp3) is 0.222. The molecule has 154 valence electrons. The lowest BCUT2D eigenvalue weighted by Crippen LogP contribution is -2.35. The first-order valence-electron chi connectivity index (χ1n) is 8.37.